The SMILES string of the molecule is CCOc1ccc(N(Cl)C(=O)C(N=Nc2c(OCC)cccc2OCC)C(C)=O)c(OCC)c1. The molecule has 2 rings (SSSR count). The number of amides is 1. The van der Waals surface area contributed by atoms with E-state index >= 15 is 0 Å². The number of ketones is 1. The molecule has 0 aliphatic heterocycles. The summed E-state index contributed by atoms with van der Waals surface area (Å²) in [7, 11) is 0. The smallest absolute Gasteiger partial charge is 0.276 e. The molecule has 1 unspecified atom stereocenters. The molecule has 10 heteroatoms. The zero-order valence-corrected chi connectivity index (χ0v) is 20.8. The van der Waals surface area contributed by atoms with Gasteiger partial charge in [-0.3, -0.25) is 9.59 Å². The highest BCUT2D eigenvalue weighted by atomic mass is 35.5. The van der Waals surface area contributed by atoms with Crippen LogP contribution in [0, 0.1) is 0 Å². The number of nitrogens with zero attached hydrogens (tertiary/aromatic N) is 3. The summed E-state index contributed by atoms with van der Waals surface area (Å²) in [4.78, 5) is 25.5. The van der Waals surface area contributed by atoms with E-state index < -0.39 is 17.7 Å². The molecule has 2 aromatic rings. The monoisotopic (exact) mass is 491 g/mol. The Morgan fingerprint density at radius 2 is 1.44 bits per heavy atom. The van der Waals surface area contributed by atoms with Gasteiger partial charge in [0.25, 0.3) is 5.91 Å². The van der Waals surface area contributed by atoms with Crippen LogP contribution in [0.5, 0.6) is 23.0 Å². The van der Waals surface area contributed by atoms with Crippen molar-refractivity contribution in [1.29, 1.82) is 0 Å². The van der Waals surface area contributed by atoms with E-state index in [1.165, 1.54) is 6.92 Å². The van der Waals surface area contributed by atoms with Crippen LogP contribution in [-0.4, -0.2) is 44.2 Å². The fourth-order valence-corrected chi connectivity index (χ4v) is 3.21. The molecule has 1 amide bonds. The van der Waals surface area contributed by atoms with Gasteiger partial charge in [-0.2, -0.15) is 5.11 Å². The van der Waals surface area contributed by atoms with E-state index in [4.69, 9.17) is 30.7 Å². The molecule has 184 valence electrons. The molecule has 0 fully saturated rings. The quantitative estimate of drug-likeness (QED) is 0.208. The maximum atomic E-state index is 13.2. The summed E-state index contributed by atoms with van der Waals surface area (Å²) in [5, 5.41) is 8.18. The van der Waals surface area contributed by atoms with Gasteiger partial charge in [0.2, 0.25) is 6.04 Å². The molecule has 0 aromatic heterocycles. The van der Waals surface area contributed by atoms with Crippen molar-refractivity contribution >= 4 is 34.8 Å². The van der Waals surface area contributed by atoms with Crippen LogP contribution < -0.4 is 23.4 Å². The summed E-state index contributed by atoms with van der Waals surface area (Å²) in [6.45, 7) is 10.1. The summed E-state index contributed by atoms with van der Waals surface area (Å²) in [6.07, 6.45) is 0. The highest BCUT2D eigenvalue weighted by molar-refractivity contribution is 6.39. The third-order valence-electron chi connectivity index (χ3n) is 4.40. The molecular weight excluding hydrogens is 462 g/mol. The number of ether oxygens (including phenoxy) is 4. The van der Waals surface area contributed by atoms with Gasteiger partial charge in [-0.25, -0.2) is 4.42 Å². The molecule has 34 heavy (non-hydrogen) atoms. The molecular formula is C24H30ClN3O6. The second-order valence-electron chi connectivity index (χ2n) is 6.81. The maximum absolute atomic E-state index is 13.2. The van der Waals surface area contributed by atoms with Gasteiger partial charge in [0, 0.05) is 17.8 Å². The lowest BCUT2D eigenvalue weighted by atomic mass is 10.2. The molecule has 2 aromatic carbocycles. The predicted octanol–water partition coefficient (Wildman–Crippen LogP) is 5.51. The minimum absolute atomic E-state index is 0.253. The minimum Gasteiger partial charge on any atom is -0.494 e. The summed E-state index contributed by atoms with van der Waals surface area (Å²) < 4.78 is 23.1. The van der Waals surface area contributed by atoms with E-state index in [-0.39, 0.29) is 11.4 Å². The zero-order chi connectivity index (χ0) is 25.1. The van der Waals surface area contributed by atoms with E-state index in [0.717, 1.165) is 4.42 Å². The van der Waals surface area contributed by atoms with E-state index in [0.29, 0.717) is 49.4 Å². The van der Waals surface area contributed by atoms with E-state index in [9.17, 15) is 9.59 Å². The first-order valence-electron chi connectivity index (χ1n) is 11.1. The summed E-state index contributed by atoms with van der Waals surface area (Å²) in [5.74, 6) is 0.409. The molecule has 0 saturated carbocycles. The first-order valence-corrected chi connectivity index (χ1v) is 11.4. The zero-order valence-electron chi connectivity index (χ0n) is 20.0. The fraction of sp³-hybridized carbons (Fsp3) is 0.417. The van der Waals surface area contributed by atoms with Crippen molar-refractivity contribution in [2.24, 2.45) is 10.2 Å². The average molecular weight is 492 g/mol. The van der Waals surface area contributed by atoms with Gasteiger partial charge in [0.15, 0.2) is 23.0 Å². The number of benzene rings is 2. The van der Waals surface area contributed by atoms with Crippen LogP contribution in [0.1, 0.15) is 34.6 Å². The molecule has 0 aliphatic rings. The number of halogens is 1. The van der Waals surface area contributed by atoms with Crippen molar-refractivity contribution in [2.45, 2.75) is 40.7 Å². The lowest BCUT2D eigenvalue weighted by molar-refractivity contribution is -0.126. The van der Waals surface area contributed by atoms with Gasteiger partial charge in [0.1, 0.15) is 17.2 Å². The first-order chi connectivity index (χ1) is 16.4. The Labute approximate surface area is 204 Å². The van der Waals surface area contributed by atoms with Crippen LogP contribution in [-0.2, 0) is 9.59 Å². The molecule has 0 radical (unpaired) electrons. The van der Waals surface area contributed by atoms with Gasteiger partial charge >= 0.3 is 0 Å². The van der Waals surface area contributed by atoms with Crippen molar-refractivity contribution in [3.05, 3.63) is 36.4 Å². The van der Waals surface area contributed by atoms with Gasteiger partial charge < -0.3 is 18.9 Å². The Morgan fingerprint density at radius 3 is 1.97 bits per heavy atom. The largest absolute Gasteiger partial charge is 0.494 e. The Balaban J connectivity index is 2.41. The molecule has 0 aliphatic carbocycles. The minimum atomic E-state index is -1.48. The normalized spacial score (nSPS) is 11.7. The molecule has 0 heterocycles. The van der Waals surface area contributed by atoms with Crippen molar-refractivity contribution < 1.29 is 28.5 Å². The van der Waals surface area contributed by atoms with Crippen LogP contribution >= 0.6 is 11.8 Å². The lowest BCUT2D eigenvalue weighted by Crippen LogP contribution is -2.36. The number of anilines is 1. The van der Waals surface area contributed by atoms with Gasteiger partial charge in [0.05, 0.1) is 26.4 Å². The predicted molar refractivity (Wildman–Crippen MR) is 130 cm³/mol. The molecule has 1 atom stereocenters. The number of azo groups is 1. The van der Waals surface area contributed by atoms with Crippen LogP contribution in [0.3, 0.4) is 0 Å². The molecule has 0 N–H and O–H groups in total. The van der Waals surface area contributed by atoms with Gasteiger partial charge in [-0.05, 0) is 58.9 Å². The first kappa shape index (κ1) is 26.9. The highest BCUT2D eigenvalue weighted by Gasteiger charge is 2.31. The second kappa shape index (κ2) is 13.4. The van der Waals surface area contributed by atoms with Crippen LogP contribution in [0.15, 0.2) is 46.6 Å². The third kappa shape index (κ3) is 6.84. The number of hydrogen-bond donors (Lipinski definition) is 0. The maximum Gasteiger partial charge on any atom is 0.276 e. The van der Waals surface area contributed by atoms with Crippen molar-refractivity contribution in [3.8, 4) is 23.0 Å². The fourth-order valence-electron chi connectivity index (χ4n) is 2.98. The average Bonchev–Trinajstić information content (AvgIpc) is 2.81. The van der Waals surface area contributed by atoms with Gasteiger partial charge in [-0.1, -0.05) is 6.07 Å². The molecule has 0 saturated heterocycles. The van der Waals surface area contributed by atoms with E-state index in [1.807, 2.05) is 20.8 Å². The van der Waals surface area contributed by atoms with Gasteiger partial charge in [-0.15, -0.1) is 5.11 Å². The summed E-state index contributed by atoms with van der Waals surface area (Å²) in [6, 6.07) is 8.53. The van der Waals surface area contributed by atoms with Crippen LogP contribution in [0.4, 0.5) is 11.4 Å². The van der Waals surface area contributed by atoms with Crippen molar-refractivity contribution in [3.63, 3.8) is 0 Å². The third-order valence-corrected chi connectivity index (χ3v) is 4.75. The number of carbonyl (C=O) groups excluding carboxylic acids is 2. The summed E-state index contributed by atoms with van der Waals surface area (Å²) >= 11 is 6.37. The molecule has 0 bridgehead atoms. The van der Waals surface area contributed by atoms with Crippen molar-refractivity contribution in [2.75, 3.05) is 30.8 Å². The Morgan fingerprint density at radius 1 is 0.882 bits per heavy atom. The van der Waals surface area contributed by atoms with Crippen LogP contribution in [0.2, 0.25) is 0 Å². The second-order valence-corrected chi connectivity index (χ2v) is 7.15. The number of Topliss-reactive ketones (excluding diaryl/α,β-unsaturated/α-hetero) is 1. The molecule has 0 spiro atoms. The van der Waals surface area contributed by atoms with Crippen LogP contribution in [0.25, 0.3) is 0 Å². The number of hydrogen-bond acceptors (Lipinski definition) is 8. The Hall–Kier alpha value is -3.33. The standard InChI is InChI=1S/C24H30ClN3O6/c1-6-31-17-13-14-18(21(15-17)34-9-4)28(25)24(30)22(16(5)29)26-27-23-19(32-7-2)11-10-12-20(23)33-8-3/h10-15,22H,6-9H2,1-5H3. The number of carbonyl (C=O) groups is 2. The Bertz CT molecular complexity index is 990. The number of rotatable bonds is 13. The Kier molecular flexibility index (Phi) is 10.6. The topological polar surface area (TPSA) is 99.0 Å². The summed E-state index contributed by atoms with van der Waals surface area (Å²) in [5.41, 5.74) is 0.533. The van der Waals surface area contributed by atoms with Crippen molar-refractivity contribution in [1.82, 2.24) is 0 Å². The van der Waals surface area contributed by atoms with E-state index in [1.54, 1.807) is 43.3 Å². The highest BCUT2D eigenvalue weighted by Crippen LogP contribution is 2.38. The molecule has 9 nitrogen and oxygen atoms in total. The lowest BCUT2D eigenvalue weighted by Gasteiger charge is -2.20. The van der Waals surface area contributed by atoms with E-state index in [2.05, 4.69) is 10.2 Å².